The molecule has 90 valence electrons. The number of aliphatic hydroxyl groups is 2. The predicted octanol–water partition coefficient (Wildman–Crippen LogP) is -0.211. The van der Waals surface area contributed by atoms with Crippen LogP contribution in [-0.4, -0.2) is 41.0 Å². The van der Waals surface area contributed by atoms with Crippen molar-refractivity contribution in [1.82, 2.24) is 0 Å². The van der Waals surface area contributed by atoms with Crippen molar-refractivity contribution in [2.75, 3.05) is 6.54 Å². The fourth-order valence-electron chi connectivity index (χ4n) is 1.21. The molecule has 0 aromatic heterocycles. The van der Waals surface area contributed by atoms with Gasteiger partial charge in [0.25, 0.3) is 0 Å². The van der Waals surface area contributed by atoms with Crippen LogP contribution in [0.1, 0.15) is 33.1 Å². The molecule has 5 nitrogen and oxygen atoms in total. The van der Waals surface area contributed by atoms with Crippen LogP contribution in [0.5, 0.6) is 0 Å². The predicted molar refractivity (Wildman–Crippen MR) is 56.1 cm³/mol. The molecule has 0 bridgehead atoms. The Bertz CT molecular complexity index is 184. The zero-order chi connectivity index (χ0) is 11.8. The van der Waals surface area contributed by atoms with E-state index < -0.39 is 18.2 Å². The van der Waals surface area contributed by atoms with Crippen LogP contribution in [0.15, 0.2) is 0 Å². The van der Waals surface area contributed by atoms with Crippen molar-refractivity contribution in [2.45, 2.75) is 51.4 Å². The Morgan fingerprint density at radius 1 is 1.33 bits per heavy atom. The van der Waals surface area contributed by atoms with Gasteiger partial charge in [0.05, 0.1) is 24.7 Å². The van der Waals surface area contributed by atoms with E-state index >= 15 is 0 Å². The summed E-state index contributed by atoms with van der Waals surface area (Å²) in [5.41, 5.74) is 5.24. The van der Waals surface area contributed by atoms with Gasteiger partial charge in [0.1, 0.15) is 0 Å². The van der Waals surface area contributed by atoms with Gasteiger partial charge in [0.15, 0.2) is 0 Å². The van der Waals surface area contributed by atoms with Crippen molar-refractivity contribution >= 4 is 5.97 Å². The molecular formula is C10H21NO4. The Kier molecular flexibility index (Phi) is 7.29. The minimum absolute atomic E-state index is 0.0835. The molecule has 4 N–H and O–H groups in total. The fraction of sp³-hybridized carbons (Fsp3) is 0.900. The van der Waals surface area contributed by atoms with E-state index in [4.69, 9.17) is 10.5 Å². The third kappa shape index (κ3) is 8.35. The topological polar surface area (TPSA) is 92.8 Å². The minimum Gasteiger partial charge on any atom is -0.463 e. The molecule has 15 heavy (non-hydrogen) atoms. The Morgan fingerprint density at radius 2 is 1.93 bits per heavy atom. The average molecular weight is 219 g/mol. The van der Waals surface area contributed by atoms with Crippen LogP contribution < -0.4 is 5.73 Å². The van der Waals surface area contributed by atoms with Crippen molar-refractivity contribution in [1.29, 1.82) is 0 Å². The van der Waals surface area contributed by atoms with Crippen molar-refractivity contribution in [3.63, 3.8) is 0 Å². The van der Waals surface area contributed by atoms with E-state index in [1.54, 1.807) is 13.8 Å². The van der Waals surface area contributed by atoms with Crippen LogP contribution in [0, 0.1) is 0 Å². The van der Waals surface area contributed by atoms with E-state index in [0.717, 1.165) is 0 Å². The largest absolute Gasteiger partial charge is 0.463 e. The van der Waals surface area contributed by atoms with E-state index in [0.29, 0.717) is 13.0 Å². The van der Waals surface area contributed by atoms with Gasteiger partial charge in [-0.15, -0.1) is 0 Å². The van der Waals surface area contributed by atoms with E-state index in [9.17, 15) is 15.0 Å². The standard InChI is InChI=1S/C10H21NO4/c1-7(2)15-10(14)6-9(13)5-8(12)3-4-11/h7-9,12-13H,3-6,11H2,1-2H3. The number of carbonyl (C=O) groups is 1. The number of ether oxygens (including phenoxy) is 1. The molecular weight excluding hydrogens is 198 g/mol. The van der Waals surface area contributed by atoms with E-state index in [1.165, 1.54) is 0 Å². The summed E-state index contributed by atoms with van der Waals surface area (Å²) in [6.07, 6.45) is -1.20. The summed E-state index contributed by atoms with van der Waals surface area (Å²) in [5, 5.41) is 18.8. The minimum atomic E-state index is -0.863. The van der Waals surface area contributed by atoms with Crippen molar-refractivity contribution in [3.8, 4) is 0 Å². The Morgan fingerprint density at radius 3 is 2.40 bits per heavy atom. The van der Waals surface area contributed by atoms with Crippen LogP contribution >= 0.6 is 0 Å². The SMILES string of the molecule is CC(C)OC(=O)CC(O)CC(O)CCN. The molecule has 0 aromatic rings. The molecule has 5 heteroatoms. The van der Waals surface area contributed by atoms with E-state index in [2.05, 4.69) is 0 Å². The molecule has 0 aliphatic heterocycles. The Labute approximate surface area is 90.2 Å². The lowest BCUT2D eigenvalue weighted by molar-refractivity contribution is -0.149. The second kappa shape index (κ2) is 7.62. The van der Waals surface area contributed by atoms with Crippen molar-refractivity contribution < 1.29 is 19.7 Å². The van der Waals surface area contributed by atoms with Crippen LogP contribution in [0.4, 0.5) is 0 Å². The van der Waals surface area contributed by atoms with Gasteiger partial charge in [-0.3, -0.25) is 4.79 Å². The highest BCUT2D eigenvalue weighted by Gasteiger charge is 2.16. The smallest absolute Gasteiger partial charge is 0.308 e. The Hall–Kier alpha value is -0.650. The molecule has 0 saturated carbocycles. The van der Waals surface area contributed by atoms with Crippen molar-refractivity contribution in [2.24, 2.45) is 5.73 Å². The summed E-state index contributed by atoms with van der Waals surface area (Å²) in [4.78, 5) is 11.1. The zero-order valence-corrected chi connectivity index (χ0v) is 9.35. The summed E-state index contributed by atoms with van der Waals surface area (Å²) >= 11 is 0. The van der Waals surface area contributed by atoms with Crippen LogP contribution in [0.3, 0.4) is 0 Å². The average Bonchev–Trinajstić information content (AvgIpc) is 2.00. The number of aliphatic hydroxyl groups excluding tert-OH is 2. The van der Waals surface area contributed by atoms with Gasteiger partial charge in [0.2, 0.25) is 0 Å². The quantitative estimate of drug-likeness (QED) is 0.515. The van der Waals surface area contributed by atoms with Crippen LogP contribution in [0.2, 0.25) is 0 Å². The highest BCUT2D eigenvalue weighted by molar-refractivity contribution is 5.70. The number of carbonyl (C=O) groups excluding carboxylic acids is 1. The van der Waals surface area contributed by atoms with Gasteiger partial charge in [-0.05, 0) is 33.2 Å². The molecule has 0 fully saturated rings. The molecule has 2 unspecified atom stereocenters. The first kappa shape index (κ1) is 14.3. The summed E-state index contributed by atoms with van der Waals surface area (Å²) in [6.45, 7) is 3.85. The second-order valence-corrected chi connectivity index (χ2v) is 3.86. The number of hydrogen-bond acceptors (Lipinski definition) is 5. The molecule has 0 radical (unpaired) electrons. The van der Waals surface area contributed by atoms with Crippen LogP contribution in [0.25, 0.3) is 0 Å². The van der Waals surface area contributed by atoms with Gasteiger partial charge < -0.3 is 20.7 Å². The van der Waals surface area contributed by atoms with Crippen LogP contribution in [-0.2, 0) is 9.53 Å². The fourth-order valence-corrected chi connectivity index (χ4v) is 1.21. The normalized spacial score (nSPS) is 15.1. The number of esters is 1. The highest BCUT2D eigenvalue weighted by atomic mass is 16.5. The molecule has 0 aromatic carbocycles. The molecule has 0 aliphatic rings. The third-order valence-electron chi connectivity index (χ3n) is 1.81. The molecule has 0 saturated heterocycles. The van der Waals surface area contributed by atoms with E-state index in [1.807, 2.05) is 0 Å². The number of hydrogen-bond donors (Lipinski definition) is 3. The summed E-state index contributed by atoms with van der Waals surface area (Å²) in [5.74, 6) is -0.447. The third-order valence-corrected chi connectivity index (χ3v) is 1.81. The lowest BCUT2D eigenvalue weighted by Crippen LogP contribution is -2.24. The lowest BCUT2D eigenvalue weighted by Gasteiger charge is -2.15. The first-order valence-electron chi connectivity index (χ1n) is 5.21. The number of rotatable bonds is 7. The van der Waals surface area contributed by atoms with Gasteiger partial charge in [-0.1, -0.05) is 0 Å². The molecule has 0 rings (SSSR count). The number of nitrogens with two attached hydrogens (primary N) is 1. The molecule has 0 amide bonds. The van der Waals surface area contributed by atoms with Gasteiger partial charge >= 0.3 is 5.97 Å². The maximum Gasteiger partial charge on any atom is 0.308 e. The monoisotopic (exact) mass is 219 g/mol. The highest BCUT2D eigenvalue weighted by Crippen LogP contribution is 2.07. The van der Waals surface area contributed by atoms with E-state index in [-0.39, 0.29) is 18.9 Å². The zero-order valence-electron chi connectivity index (χ0n) is 9.35. The maximum absolute atomic E-state index is 11.1. The first-order chi connectivity index (χ1) is 6.95. The molecule has 2 atom stereocenters. The van der Waals surface area contributed by atoms with Gasteiger partial charge in [-0.25, -0.2) is 0 Å². The molecule has 0 aliphatic carbocycles. The van der Waals surface area contributed by atoms with Gasteiger partial charge in [0, 0.05) is 0 Å². The second-order valence-electron chi connectivity index (χ2n) is 3.86. The maximum atomic E-state index is 11.1. The van der Waals surface area contributed by atoms with Gasteiger partial charge in [-0.2, -0.15) is 0 Å². The Balaban J connectivity index is 3.72. The summed E-state index contributed by atoms with van der Waals surface area (Å²) < 4.78 is 4.86. The molecule has 0 spiro atoms. The summed E-state index contributed by atoms with van der Waals surface area (Å²) in [6, 6.07) is 0. The molecule has 0 heterocycles. The lowest BCUT2D eigenvalue weighted by atomic mass is 10.1. The first-order valence-corrected chi connectivity index (χ1v) is 5.21. The van der Waals surface area contributed by atoms with Crippen molar-refractivity contribution in [3.05, 3.63) is 0 Å². The summed E-state index contributed by atoms with van der Waals surface area (Å²) in [7, 11) is 0.